The van der Waals surface area contributed by atoms with Crippen molar-refractivity contribution in [3.63, 3.8) is 0 Å². The van der Waals surface area contributed by atoms with E-state index in [1.165, 1.54) is 27.8 Å². The van der Waals surface area contributed by atoms with E-state index in [4.69, 9.17) is 5.73 Å². The molecule has 0 atom stereocenters. The SMILES string of the molecule is N#Cc1ccccc1S(=O)(=O)N1CCN(CC(=O)Nc2sc3c(c2C(N)=O)CCCC3)CC1. The van der Waals surface area contributed by atoms with Crippen molar-refractivity contribution in [2.45, 2.75) is 30.6 Å². The number of fused-ring (bicyclic) bond motifs is 1. The number of carbonyl (C=O) groups is 2. The fraction of sp³-hybridized carbons (Fsp3) is 0.409. The molecule has 1 saturated heterocycles. The Kier molecular flexibility index (Phi) is 6.81. The number of nitrogens with one attached hydrogen (secondary N) is 1. The van der Waals surface area contributed by atoms with Crippen LogP contribution in [0.15, 0.2) is 29.2 Å². The van der Waals surface area contributed by atoms with E-state index in [1.54, 1.807) is 12.1 Å². The van der Waals surface area contributed by atoms with Gasteiger partial charge in [-0.1, -0.05) is 12.1 Å². The van der Waals surface area contributed by atoms with Crippen LogP contribution in [0.1, 0.15) is 39.2 Å². The molecule has 3 N–H and O–H groups in total. The zero-order valence-electron chi connectivity index (χ0n) is 18.0. The first kappa shape index (κ1) is 23.4. The van der Waals surface area contributed by atoms with Crippen LogP contribution in [-0.4, -0.2) is 62.2 Å². The number of aryl methyl sites for hydroxylation is 1. The number of rotatable bonds is 6. The predicted octanol–water partition coefficient (Wildman–Crippen LogP) is 1.54. The van der Waals surface area contributed by atoms with Crippen LogP contribution < -0.4 is 11.1 Å². The Hall–Kier alpha value is -2.78. The number of nitriles is 1. The summed E-state index contributed by atoms with van der Waals surface area (Å²) in [6.07, 6.45) is 3.75. The van der Waals surface area contributed by atoms with Crippen LogP contribution in [0.2, 0.25) is 0 Å². The van der Waals surface area contributed by atoms with Crippen molar-refractivity contribution < 1.29 is 18.0 Å². The summed E-state index contributed by atoms with van der Waals surface area (Å²) in [4.78, 5) is 27.7. The summed E-state index contributed by atoms with van der Waals surface area (Å²) in [5.41, 5.74) is 7.09. The van der Waals surface area contributed by atoms with Crippen LogP contribution in [0.3, 0.4) is 0 Å². The van der Waals surface area contributed by atoms with Crippen LogP contribution in [0.25, 0.3) is 0 Å². The molecular formula is C22H25N5O4S2. The molecule has 0 spiro atoms. The molecule has 1 aromatic heterocycles. The summed E-state index contributed by atoms with van der Waals surface area (Å²) in [6.45, 7) is 1.28. The molecule has 1 aromatic carbocycles. The molecule has 2 heterocycles. The molecule has 2 aromatic rings. The monoisotopic (exact) mass is 487 g/mol. The summed E-state index contributed by atoms with van der Waals surface area (Å²) in [5, 5.41) is 12.6. The van der Waals surface area contributed by atoms with Gasteiger partial charge in [-0.05, 0) is 43.4 Å². The molecule has 0 bridgehead atoms. The Morgan fingerprint density at radius 3 is 2.52 bits per heavy atom. The molecule has 174 valence electrons. The van der Waals surface area contributed by atoms with Crippen molar-refractivity contribution in [3.05, 3.63) is 45.8 Å². The van der Waals surface area contributed by atoms with Crippen LogP contribution in [0, 0.1) is 11.3 Å². The number of carbonyl (C=O) groups excluding carboxylic acids is 2. The molecule has 33 heavy (non-hydrogen) atoms. The normalized spacial score (nSPS) is 17.2. The molecule has 0 unspecified atom stereocenters. The molecule has 9 nitrogen and oxygen atoms in total. The minimum absolute atomic E-state index is 0.000614. The number of piperazine rings is 1. The first-order chi connectivity index (χ1) is 15.8. The highest BCUT2D eigenvalue weighted by molar-refractivity contribution is 7.89. The van der Waals surface area contributed by atoms with Crippen LogP contribution in [0.4, 0.5) is 5.00 Å². The van der Waals surface area contributed by atoms with E-state index < -0.39 is 15.9 Å². The third-order valence-electron chi connectivity index (χ3n) is 5.99. The minimum Gasteiger partial charge on any atom is -0.365 e. The number of nitrogens with two attached hydrogens (primary N) is 1. The zero-order chi connectivity index (χ0) is 23.6. The first-order valence-corrected chi connectivity index (χ1v) is 13.0. The van der Waals surface area contributed by atoms with E-state index in [-0.39, 0.29) is 36.0 Å². The van der Waals surface area contributed by atoms with Gasteiger partial charge < -0.3 is 11.1 Å². The van der Waals surface area contributed by atoms with Crippen molar-refractivity contribution in [1.29, 1.82) is 5.26 Å². The Morgan fingerprint density at radius 2 is 1.82 bits per heavy atom. The van der Waals surface area contributed by atoms with Crippen molar-refractivity contribution in [2.75, 3.05) is 38.0 Å². The number of hydrogen-bond acceptors (Lipinski definition) is 7. The highest BCUT2D eigenvalue weighted by Gasteiger charge is 2.31. The van der Waals surface area contributed by atoms with E-state index in [9.17, 15) is 23.3 Å². The highest BCUT2D eigenvalue weighted by atomic mass is 32.2. The smallest absolute Gasteiger partial charge is 0.251 e. The second-order valence-electron chi connectivity index (χ2n) is 8.12. The van der Waals surface area contributed by atoms with E-state index in [2.05, 4.69) is 5.32 Å². The minimum atomic E-state index is -3.79. The molecule has 2 amide bonds. The van der Waals surface area contributed by atoms with Crippen molar-refractivity contribution in [3.8, 4) is 6.07 Å². The fourth-order valence-corrected chi connectivity index (χ4v) is 7.21. The quantitative estimate of drug-likeness (QED) is 0.634. The molecule has 1 aliphatic carbocycles. The number of benzene rings is 1. The maximum absolute atomic E-state index is 13.0. The average molecular weight is 488 g/mol. The molecule has 1 fully saturated rings. The van der Waals surface area contributed by atoms with E-state index in [1.807, 2.05) is 11.0 Å². The second kappa shape index (κ2) is 9.61. The van der Waals surface area contributed by atoms with Crippen molar-refractivity contribution >= 4 is 38.2 Å². The van der Waals surface area contributed by atoms with Gasteiger partial charge in [0.2, 0.25) is 15.9 Å². The van der Waals surface area contributed by atoms with Crippen molar-refractivity contribution in [2.24, 2.45) is 5.73 Å². The fourth-order valence-electron chi connectivity index (χ4n) is 4.33. The molecule has 0 radical (unpaired) electrons. The lowest BCUT2D eigenvalue weighted by Crippen LogP contribution is -2.50. The number of thiophene rings is 1. The Morgan fingerprint density at radius 1 is 1.12 bits per heavy atom. The third-order valence-corrected chi connectivity index (χ3v) is 9.16. The lowest BCUT2D eigenvalue weighted by atomic mass is 9.95. The number of hydrogen-bond donors (Lipinski definition) is 2. The van der Waals surface area contributed by atoms with Gasteiger partial charge in [-0.2, -0.15) is 9.57 Å². The highest BCUT2D eigenvalue weighted by Crippen LogP contribution is 2.37. The summed E-state index contributed by atoms with van der Waals surface area (Å²) in [7, 11) is -3.79. The standard InChI is InChI=1S/C22H25N5O4S2/c23-13-15-5-1-4-8-18(15)33(30,31)27-11-9-26(10-12-27)14-19(28)25-22-20(21(24)29)16-6-2-3-7-17(16)32-22/h1,4-5,8H,2-3,6-7,9-12,14H2,(H2,24,29)(H,25,28). The van der Waals surface area contributed by atoms with Gasteiger partial charge in [0, 0.05) is 31.1 Å². The number of sulfonamides is 1. The van der Waals surface area contributed by atoms with Crippen LogP contribution in [-0.2, 0) is 27.7 Å². The zero-order valence-corrected chi connectivity index (χ0v) is 19.7. The second-order valence-corrected chi connectivity index (χ2v) is 11.1. The van der Waals surface area contributed by atoms with Crippen LogP contribution in [0.5, 0.6) is 0 Å². The van der Waals surface area contributed by atoms with Crippen LogP contribution >= 0.6 is 11.3 Å². The van der Waals surface area contributed by atoms with Gasteiger partial charge in [-0.25, -0.2) is 8.42 Å². The summed E-state index contributed by atoms with van der Waals surface area (Å²) in [6, 6.07) is 8.07. The maximum atomic E-state index is 13.0. The van der Waals surface area contributed by atoms with Gasteiger partial charge in [-0.15, -0.1) is 11.3 Å². The topological polar surface area (TPSA) is 137 Å². The molecular weight excluding hydrogens is 462 g/mol. The molecule has 11 heteroatoms. The van der Waals surface area contributed by atoms with Gasteiger partial charge in [0.15, 0.2) is 0 Å². The summed E-state index contributed by atoms with van der Waals surface area (Å²) >= 11 is 1.42. The maximum Gasteiger partial charge on any atom is 0.251 e. The number of primary amides is 1. The first-order valence-electron chi connectivity index (χ1n) is 10.8. The van der Waals surface area contributed by atoms with E-state index in [0.29, 0.717) is 23.7 Å². The molecule has 1 aliphatic heterocycles. The number of nitrogens with zero attached hydrogens (tertiary/aromatic N) is 3. The summed E-state index contributed by atoms with van der Waals surface area (Å²) < 4.78 is 27.3. The lowest BCUT2D eigenvalue weighted by molar-refractivity contribution is -0.117. The average Bonchev–Trinajstić information content (AvgIpc) is 3.17. The number of amides is 2. The number of anilines is 1. The molecule has 4 rings (SSSR count). The molecule has 0 saturated carbocycles. The van der Waals surface area contributed by atoms with E-state index in [0.717, 1.165) is 36.1 Å². The molecule has 2 aliphatic rings. The lowest BCUT2D eigenvalue weighted by Gasteiger charge is -2.33. The van der Waals surface area contributed by atoms with E-state index >= 15 is 0 Å². The Balaban J connectivity index is 1.38. The summed E-state index contributed by atoms with van der Waals surface area (Å²) in [5.74, 6) is -0.789. The van der Waals surface area contributed by atoms with Gasteiger partial charge in [-0.3, -0.25) is 14.5 Å². The van der Waals surface area contributed by atoms with Crippen molar-refractivity contribution in [1.82, 2.24) is 9.21 Å². The van der Waals surface area contributed by atoms with Gasteiger partial charge in [0.05, 0.1) is 22.6 Å². The van der Waals surface area contributed by atoms with Gasteiger partial charge in [0.1, 0.15) is 11.1 Å². The Bertz CT molecular complexity index is 1220. The van der Waals surface area contributed by atoms with Gasteiger partial charge >= 0.3 is 0 Å². The third kappa shape index (κ3) is 4.79. The predicted molar refractivity (Wildman–Crippen MR) is 124 cm³/mol. The Labute approximate surface area is 196 Å². The van der Waals surface area contributed by atoms with Gasteiger partial charge in [0.25, 0.3) is 5.91 Å². The largest absolute Gasteiger partial charge is 0.365 e.